The first-order valence-corrected chi connectivity index (χ1v) is 11.2. The van der Waals surface area contributed by atoms with E-state index in [-0.39, 0.29) is 11.3 Å². The predicted molar refractivity (Wildman–Crippen MR) is 129 cm³/mol. The molecule has 8 heteroatoms. The van der Waals surface area contributed by atoms with Gasteiger partial charge in [-0.15, -0.1) is 0 Å². The topological polar surface area (TPSA) is 79.7 Å². The SMILES string of the molecule is COc1ccc2nc(N3C(=O)C(=O)/C(=C(/O)c4ccc(Cl)cc4)C3c3ccccc3)sc2c1. The number of hydrogen-bond acceptors (Lipinski definition) is 6. The van der Waals surface area contributed by atoms with Gasteiger partial charge < -0.3 is 9.84 Å². The number of aliphatic hydroxyl groups excluding tert-OH is 1. The van der Waals surface area contributed by atoms with Gasteiger partial charge in [-0.1, -0.05) is 53.3 Å². The Hall–Kier alpha value is -3.68. The lowest BCUT2D eigenvalue weighted by Gasteiger charge is -2.22. The Morgan fingerprint density at radius 2 is 1.79 bits per heavy atom. The average Bonchev–Trinajstić information content (AvgIpc) is 3.37. The zero-order valence-corrected chi connectivity index (χ0v) is 18.9. The number of methoxy groups -OCH3 is 1. The van der Waals surface area contributed by atoms with E-state index >= 15 is 0 Å². The van der Waals surface area contributed by atoms with Gasteiger partial charge >= 0.3 is 5.91 Å². The highest BCUT2D eigenvalue weighted by Gasteiger charge is 2.48. The molecule has 1 unspecified atom stereocenters. The fourth-order valence-corrected chi connectivity index (χ4v) is 5.01. The fourth-order valence-electron chi connectivity index (χ4n) is 3.87. The first-order valence-electron chi connectivity index (χ1n) is 10.0. The molecule has 3 aromatic carbocycles. The second-order valence-corrected chi connectivity index (χ2v) is 8.86. The molecule has 1 fully saturated rings. The number of aliphatic hydroxyl groups is 1. The second-order valence-electron chi connectivity index (χ2n) is 7.42. The van der Waals surface area contributed by atoms with Crippen LogP contribution in [0.2, 0.25) is 5.02 Å². The number of rotatable bonds is 4. The molecule has 1 N–H and O–H groups in total. The maximum atomic E-state index is 13.2. The number of carbonyl (C=O) groups is 2. The normalized spacial score (nSPS) is 17.6. The number of Topliss-reactive ketones (excluding diaryl/α,β-unsaturated/α-hetero) is 1. The molecule has 1 aliphatic heterocycles. The van der Waals surface area contributed by atoms with Crippen molar-refractivity contribution in [3.8, 4) is 5.75 Å². The summed E-state index contributed by atoms with van der Waals surface area (Å²) in [6.07, 6.45) is 0. The van der Waals surface area contributed by atoms with E-state index in [0.717, 1.165) is 4.70 Å². The number of ketones is 1. The van der Waals surface area contributed by atoms with Crippen molar-refractivity contribution in [1.29, 1.82) is 0 Å². The Morgan fingerprint density at radius 1 is 1.06 bits per heavy atom. The number of hydrogen-bond donors (Lipinski definition) is 1. The summed E-state index contributed by atoms with van der Waals surface area (Å²) in [6.45, 7) is 0. The zero-order chi connectivity index (χ0) is 23.1. The molecule has 0 radical (unpaired) electrons. The summed E-state index contributed by atoms with van der Waals surface area (Å²) in [5, 5.41) is 12.0. The quantitative estimate of drug-likeness (QED) is 0.236. The van der Waals surface area contributed by atoms with E-state index in [2.05, 4.69) is 4.98 Å². The molecule has 2 heterocycles. The van der Waals surface area contributed by atoms with Crippen molar-refractivity contribution < 1.29 is 19.4 Å². The van der Waals surface area contributed by atoms with Crippen molar-refractivity contribution in [3.63, 3.8) is 0 Å². The van der Waals surface area contributed by atoms with E-state index in [1.807, 2.05) is 36.4 Å². The van der Waals surface area contributed by atoms with Gasteiger partial charge in [-0.25, -0.2) is 4.98 Å². The van der Waals surface area contributed by atoms with Gasteiger partial charge in [0.15, 0.2) is 5.13 Å². The molecule has 6 nitrogen and oxygen atoms in total. The van der Waals surface area contributed by atoms with Crippen LogP contribution in [0.25, 0.3) is 16.0 Å². The molecule has 0 spiro atoms. The van der Waals surface area contributed by atoms with Crippen LogP contribution in [0.15, 0.2) is 78.4 Å². The van der Waals surface area contributed by atoms with E-state index in [0.29, 0.717) is 32.5 Å². The van der Waals surface area contributed by atoms with E-state index < -0.39 is 17.7 Å². The molecule has 1 aliphatic rings. The molecule has 1 aromatic heterocycles. The van der Waals surface area contributed by atoms with Crippen LogP contribution >= 0.6 is 22.9 Å². The first-order chi connectivity index (χ1) is 16.0. The monoisotopic (exact) mass is 476 g/mol. The predicted octanol–water partition coefficient (Wildman–Crippen LogP) is 5.58. The van der Waals surface area contributed by atoms with Crippen LogP contribution < -0.4 is 9.64 Å². The summed E-state index contributed by atoms with van der Waals surface area (Å²) < 4.78 is 6.10. The summed E-state index contributed by atoms with van der Waals surface area (Å²) in [5.74, 6) is -1.11. The van der Waals surface area contributed by atoms with E-state index in [1.54, 1.807) is 43.5 Å². The van der Waals surface area contributed by atoms with Crippen LogP contribution in [0.4, 0.5) is 5.13 Å². The number of aromatic nitrogens is 1. The van der Waals surface area contributed by atoms with E-state index in [4.69, 9.17) is 16.3 Å². The summed E-state index contributed by atoms with van der Waals surface area (Å²) in [7, 11) is 1.58. The molecule has 1 saturated heterocycles. The number of carbonyl (C=O) groups excluding carboxylic acids is 2. The molecular weight excluding hydrogens is 460 g/mol. The van der Waals surface area contributed by atoms with Crippen molar-refractivity contribution in [2.75, 3.05) is 12.0 Å². The standard InChI is InChI=1S/C25H17ClN2O4S/c1-32-17-11-12-18-19(13-17)33-25(27-18)28-21(14-5-3-2-4-6-14)20(23(30)24(28)31)22(29)15-7-9-16(26)10-8-15/h2-13,21,29H,1H3/b22-20+. The third-order valence-corrected chi connectivity index (χ3v) is 6.74. The highest BCUT2D eigenvalue weighted by atomic mass is 35.5. The number of thiazole rings is 1. The molecule has 5 rings (SSSR count). The Morgan fingerprint density at radius 3 is 2.48 bits per heavy atom. The molecule has 0 saturated carbocycles. The fraction of sp³-hybridized carbons (Fsp3) is 0.0800. The Bertz CT molecular complexity index is 1410. The highest BCUT2D eigenvalue weighted by Crippen LogP contribution is 2.44. The number of ether oxygens (including phenoxy) is 1. The Kier molecular flexibility index (Phi) is 5.36. The third-order valence-electron chi connectivity index (χ3n) is 5.47. The van der Waals surface area contributed by atoms with Gasteiger partial charge in [0.25, 0.3) is 5.78 Å². The van der Waals surface area contributed by atoms with Gasteiger partial charge in [0.05, 0.1) is 28.9 Å². The van der Waals surface area contributed by atoms with Crippen LogP contribution in [-0.2, 0) is 9.59 Å². The van der Waals surface area contributed by atoms with Crippen molar-refractivity contribution in [2.24, 2.45) is 0 Å². The minimum absolute atomic E-state index is 0.00496. The number of halogens is 1. The summed E-state index contributed by atoms with van der Waals surface area (Å²) in [5.41, 5.74) is 1.77. The van der Waals surface area contributed by atoms with E-state index in [1.165, 1.54) is 16.2 Å². The lowest BCUT2D eigenvalue weighted by molar-refractivity contribution is -0.132. The third kappa shape index (κ3) is 3.65. The van der Waals surface area contributed by atoms with Crippen molar-refractivity contribution in [2.45, 2.75) is 6.04 Å². The van der Waals surface area contributed by atoms with Gasteiger partial charge in [0, 0.05) is 10.6 Å². The number of fused-ring (bicyclic) bond motifs is 1. The highest BCUT2D eigenvalue weighted by molar-refractivity contribution is 7.22. The number of nitrogens with zero attached hydrogens (tertiary/aromatic N) is 2. The van der Waals surface area contributed by atoms with Crippen LogP contribution in [0, 0.1) is 0 Å². The summed E-state index contributed by atoms with van der Waals surface area (Å²) in [4.78, 5) is 32.4. The zero-order valence-electron chi connectivity index (χ0n) is 17.4. The van der Waals surface area contributed by atoms with Gasteiger partial charge in [-0.3, -0.25) is 14.5 Å². The van der Waals surface area contributed by atoms with Crippen LogP contribution in [0.3, 0.4) is 0 Å². The lowest BCUT2D eigenvalue weighted by Crippen LogP contribution is -2.29. The summed E-state index contributed by atoms with van der Waals surface area (Å²) >= 11 is 7.25. The Balaban J connectivity index is 1.71. The minimum Gasteiger partial charge on any atom is -0.507 e. The first kappa shape index (κ1) is 21.2. The molecule has 4 aromatic rings. The van der Waals surface area contributed by atoms with Gasteiger partial charge in [0.2, 0.25) is 0 Å². The number of amides is 1. The summed E-state index contributed by atoms with van der Waals surface area (Å²) in [6, 6.07) is 20.2. The maximum Gasteiger partial charge on any atom is 0.301 e. The van der Waals surface area contributed by atoms with Crippen LogP contribution in [-0.4, -0.2) is 28.9 Å². The molecule has 0 bridgehead atoms. The van der Waals surface area contributed by atoms with Crippen molar-refractivity contribution >= 4 is 55.7 Å². The van der Waals surface area contributed by atoms with Gasteiger partial charge in [0.1, 0.15) is 11.5 Å². The number of benzene rings is 3. The molecule has 164 valence electrons. The molecule has 1 amide bonds. The molecule has 33 heavy (non-hydrogen) atoms. The van der Waals surface area contributed by atoms with Crippen molar-refractivity contribution in [3.05, 3.63) is 94.5 Å². The van der Waals surface area contributed by atoms with Crippen molar-refractivity contribution in [1.82, 2.24) is 4.98 Å². The number of anilines is 1. The lowest BCUT2D eigenvalue weighted by atomic mass is 9.95. The van der Waals surface area contributed by atoms with Crippen LogP contribution in [0.5, 0.6) is 5.75 Å². The smallest absolute Gasteiger partial charge is 0.301 e. The minimum atomic E-state index is -0.829. The molecule has 1 atom stereocenters. The molecule has 0 aliphatic carbocycles. The van der Waals surface area contributed by atoms with E-state index in [9.17, 15) is 14.7 Å². The molecular formula is C25H17ClN2O4S. The largest absolute Gasteiger partial charge is 0.507 e. The average molecular weight is 477 g/mol. The van der Waals surface area contributed by atoms with Crippen LogP contribution in [0.1, 0.15) is 17.2 Å². The van der Waals surface area contributed by atoms with Gasteiger partial charge in [-0.2, -0.15) is 0 Å². The second kappa shape index (κ2) is 8.35. The Labute approximate surface area is 198 Å². The maximum absolute atomic E-state index is 13.2. The van der Waals surface area contributed by atoms with Gasteiger partial charge in [-0.05, 0) is 48.0 Å².